The Bertz CT molecular complexity index is 1420. The lowest BCUT2D eigenvalue weighted by atomic mass is 9.88. The van der Waals surface area contributed by atoms with Gasteiger partial charge >= 0.3 is 5.97 Å². The van der Waals surface area contributed by atoms with Crippen molar-refractivity contribution in [3.8, 4) is 11.1 Å². The average molecular weight is 566 g/mol. The lowest BCUT2D eigenvalue weighted by Crippen LogP contribution is -2.47. The number of aliphatic hydroxyl groups excluding tert-OH is 1. The number of β-amino-alcohol motifs (C(OH)–C–C–N with tert-alkyl or cyclic N) is 1. The summed E-state index contributed by atoms with van der Waals surface area (Å²) >= 11 is 0. The second-order valence-corrected chi connectivity index (χ2v) is 13.4. The molecule has 0 aromatic heterocycles. The van der Waals surface area contributed by atoms with Crippen molar-refractivity contribution in [2.45, 2.75) is 49.6 Å². The summed E-state index contributed by atoms with van der Waals surface area (Å²) in [5.41, 5.74) is 4.70. The Morgan fingerprint density at radius 3 is 2.27 bits per heavy atom. The Kier molecular flexibility index (Phi) is 9.30. The third-order valence-electron chi connectivity index (χ3n) is 7.40. The van der Waals surface area contributed by atoms with Crippen LogP contribution in [-0.2, 0) is 27.7 Å². The van der Waals surface area contributed by atoms with Gasteiger partial charge in [0.05, 0.1) is 11.0 Å². The molecule has 1 aliphatic carbocycles. The number of benzene rings is 3. The van der Waals surface area contributed by atoms with Crippen molar-refractivity contribution in [1.82, 2.24) is 9.62 Å². The first-order valence-corrected chi connectivity index (χ1v) is 15.0. The van der Waals surface area contributed by atoms with Crippen LogP contribution in [0.5, 0.6) is 0 Å². The van der Waals surface area contributed by atoms with Crippen LogP contribution >= 0.6 is 0 Å². The molecule has 0 saturated carbocycles. The molecule has 4 N–H and O–H groups in total. The summed E-state index contributed by atoms with van der Waals surface area (Å²) in [4.78, 5) is 11.0. The maximum atomic E-state index is 13.4. The summed E-state index contributed by atoms with van der Waals surface area (Å²) in [5, 5.41) is 25.9. The van der Waals surface area contributed by atoms with E-state index in [-0.39, 0.29) is 30.1 Å². The average Bonchev–Trinajstić information content (AvgIpc) is 3.32. The van der Waals surface area contributed by atoms with Crippen LogP contribution in [0.15, 0.2) is 77.7 Å². The number of carboxylic acids is 1. The quantitative estimate of drug-likeness (QED) is 0.247. The van der Waals surface area contributed by atoms with E-state index in [1.165, 1.54) is 28.5 Å². The molecule has 40 heavy (non-hydrogen) atoms. The van der Waals surface area contributed by atoms with Crippen LogP contribution in [0.1, 0.15) is 31.4 Å². The predicted octanol–water partition coefficient (Wildman–Crippen LogP) is 4.00. The maximum Gasteiger partial charge on any atom is 0.322 e. The molecule has 0 heterocycles. The van der Waals surface area contributed by atoms with Crippen LogP contribution in [-0.4, -0.2) is 67.2 Å². The first-order chi connectivity index (χ1) is 18.9. The van der Waals surface area contributed by atoms with Gasteiger partial charge in [0.15, 0.2) is 0 Å². The van der Waals surface area contributed by atoms with Gasteiger partial charge in [-0.3, -0.25) is 4.79 Å². The SMILES string of the molecule is CN(CC(O)CNC(C)(C)CC1Cc2ccccc2C1)S(=O)(=O)c1cccc(-c2cccc(NCC(=O)O)c2)c1. The van der Waals surface area contributed by atoms with E-state index in [1.807, 2.05) is 6.07 Å². The molecule has 0 bridgehead atoms. The molecule has 4 rings (SSSR count). The van der Waals surface area contributed by atoms with Crippen molar-refractivity contribution in [2.75, 3.05) is 32.0 Å². The Morgan fingerprint density at radius 1 is 1.00 bits per heavy atom. The number of nitrogens with one attached hydrogen (secondary N) is 2. The molecule has 0 fully saturated rings. The number of rotatable bonds is 13. The van der Waals surface area contributed by atoms with E-state index in [4.69, 9.17) is 5.11 Å². The zero-order valence-corrected chi connectivity index (χ0v) is 24.1. The van der Waals surface area contributed by atoms with Gasteiger partial charge in [-0.05, 0) is 85.5 Å². The van der Waals surface area contributed by atoms with Gasteiger partial charge in [-0.1, -0.05) is 48.5 Å². The van der Waals surface area contributed by atoms with Crippen LogP contribution in [0.3, 0.4) is 0 Å². The second-order valence-electron chi connectivity index (χ2n) is 11.3. The fourth-order valence-corrected chi connectivity index (χ4v) is 6.70. The highest BCUT2D eigenvalue weighted by Gasteiger charge is 2.29. The van der Waals surface area contributed by atoms with Gasteiger partial charge in [0.1, 0.15) is 6.54 Å². The van der Waals surface area contributed by atoms with E-state index in [9.17, 15) is 18.3 Å². The van der Waals surface area contributed by atoms with E-state index in [0.29, 0.717) is 17.2 Å². The minimum Gasteiger partial charge on any atom is -0.480 e. The fourth-order valence-electron chi connectivity index (χ4n) is 5.44. The van der Waals surface area contributed by atoms with E-state index < -0.39 is 22.1 Å². The minimum atomic E-state index is -3.85. The number of aliphatic hydroxyl groups is 1. The molecule has 214 valence electrons. The molecule has 1 aliphatic rings. The number of nitrogens with zero attached hydrogens (tertiary/aromatic N) is 1. The Balaban J connectivity index is 1.34. The van der Waals surface area contributed by atoms with Crippen molar-refractivity contribution in [1.29, 1.82) is 0 Å². The number of carboxylic acid groups (broad SMARTS) is 1. The number of hydrogen-bond donors (Lipinski definition) is 4. The largest absolute Gasteiger partial charge is 0.480 e. The molecular weight excluding hydrogens is 526 g/mol. The molecule has 3 aromatic rings. The fraction of sp³-hybridized carbons (Fsp3) is 0.387. The van der Waals surface area contributed by atoms with E-state index in [1.54, 1.807) is 36.4 Å². The number of aliphatic carboxylic acids is 1. The lowest BCUT2D eigenvalue weighted by Gasteiger charge is -2.31. The summed E-state index contributed by atoms with van der Waals surface area (Å²) in [6, 6.07) is 22.3. The van der Waals surface area contributed by atoms with Crippen LogP contribution in [0.2, 0.25) is 0 Å². The summed E-state index contributed by atoms with van der Waals surface area (Å²) in [6.45, 7) is 4.27. The van der Waals surface area contributed by atoms with Crippen LogP contribution in [0, 0.1) is 5.92 Å². The number of likely N-dealkylation sites (N-methyl/N-ethyl adjacent to an activating group) is 1. The predicted molar refractivity (Wildman–Crippen MR) is 158 cm³/mol. The normalized spacial score (nSPS) is 14.7. The Morgan fingerprint density at radius 2 is 1.62 bits per heavy atom. The van der Waals surface area contributed by atoms with Gasteiger partial charge in [-0.2, -0.15) is 4.31 Å². The van der Waals surface area contributed by atoms with Crippen molar-refractivity contribution in [3.05, 3.63) is 83.9 Å². The molecule has 0 aliphatic heterocycles. The minimum absolute atomic E-state index is 0.0426. The molecule has 9 heteroatoms. The maximum absolute atomic E-state index is 13.4. The third kappa shape index (κ3) is 7.69. The van der Waals surface area contributed by atoms with Gasteiger partial charge in [-0.25, -0.2) is 8.42 Å². The monoisotopic (exact) mass is 565 g/mol. The van der Waals surface area contributed by atoms with Crippen LogP contribution < -0.4 is 10.6 Å². The summed E-state index contributed by atoms with van der Waals surface area (Å²) in [7, 11) is -2.37. The Labute approximate surface area is 237 Å². The molecule has 0 spiro atoms. The number of fused-ring (bicyclic) bond motifs is 1. The van der Waals surface area contributed by atoms with Crippen molar-refractivity contribution < 1.29 is 23.4 Å². The molecule has 8 nitrogen and oxygen atoms in total. The first-order valence-electron chi connectivity index (χ1n) is 13.6. The van der Waals surface area contributed by atoms with Crippen molar-refractivity contribution >= 4 is 21.7 Å². The summed E-state index contributed by atoms with van der Waals surface area (Å²) in [5.74, 6) is -0.428. The topological polar surface area (TPSA) is 119 Å². The Hall–Kier alpha value is -3.24. The number of sulfonamides is 1. The standard InChI is InChI=1S/C31H39N3O5S/c1-31(2,18-22-14-23-8-4-5-9-24(23)15-22)33-19-28(35)21-34(3)40(38,39)29-13-7-11-26(17-29)25-10-6-12-27(16-25)32-20-30(36)37/h4-13,16-17,22,28,32-33,35H,14-15,18-21H2,1-3H3,(H,36,37). The summed E-state index contributed by atoms with van der Waals surface area (Å²) in [6.07, 6.45) is 2.21. The van der Waals surface area contributed by atoms with Gasteiger partial charge in [0.25, 0.3) is 0 Å². The molecule has 1 atom stereocenters. The lowest BCUT2D eigenvalue weighted by molar-refractivity contribution is -0.134. The molecule has 0 saturated heterocycles. The van der Waals surface area contributed by atoms with Gasteiger partial charge < -0.3 is 20.8 Å². The number of anilines is 1. The molecule has 0 amide bonds. The van der Waals surface area contributed by atoms with Crippen molar-refractivity contribution in [2.24, 2.45) is 5.92 Å². The second kappa shape index (κ2) is 12.5. The highest BCUT2D eigenvalue weighted by molar-refractivity contribution is 7.89. The van der Waals surface area contributed by atoms with E-state index >= 15 is 0 Å². The zero-order chi connectivity index (χ0) is 28.9. The van der Waals surface area contributed by atoms with Gasteiger partial charge in [0, 0.05) is 31.4 Å². The molecule has 0 radical (unpaired) electrons. The first kappa shape index (κ1) is 29.7. The highest BCUT2D eigenvalue weighted by atomic mass is 32.2. The van der Waals surface area contributed by atoms with Gasteiger partial charge in [-0.15, -0.1) is 0 Å². The van der Waals surface area contributed by atoms with Crippen molar-refractivity contribution in [3.63, 3.8) is 0 Å². The smallest absolute Gasteiger partial charge is 0.322 e. The summed E-state index contributed by atoms with van der Waals surface area (Å²) < 4.78 is 27.9. The number of carbonyl (C=O) groups is 1. The molecule has 1 unspecified atom stereocenters. The molecular formula is C31H39N3O5S. The third-order valence-corrected chi connectivity index (χ3v) is 9.22. The van der Waals surface area contributed by atoms with Gasteiger partial charge in [0.2, 0.25) is 10.0 Å². The van der Waals surface area contributed by atoms with E-state index in [2.05, 4.69) is 48.7 Å². The zero-order valence-electron chi connectivity index (χ0n) is 23.3. The van der Waals surface area contributed by atoms with Crippen LogP contribution in [0.25, 0.3) is 11.1 Å². The molecule has 3 aromatic carbocycles. The van der Waals surface area contributed by atoms with Crippen LogP contribution in [0.4, 0.5) is 5.69 Å². The highest BCUT2D eigenvalue weighted by Crippen LogP contribution is 2.32. The number of hydrogen-bond acceptors (Lipinski definition) is 6. The van der Waals surface area contributed by atoms with E-state index in [0.717, 1.165) is 24.8 Å².